The molecule has 0 atom stereocenters. The Balaban J connectivity index is 1.59. The van der Waals surface area contributed by atoms with Crippen molar-refractivity contribution in [3.63, 3.8) is 0 Å². The van der Waals surface area contributed by atoms with E-state index in [9.17, 15) is 14.4 Å². The summed E-state index contributed by atoms with van der Waals surface area (Å²) in [6.45, 7) is 3.57. The van der Waals surface area contributed by atoms with Gasteiger partial charge < -0.3 is 15.4 Å². The summed E-state index contributed by atoms with van der Waals surface area (Å²) in [6.07, 6.45) is 1.98. The van der Waals surface area contributed by atoms with Crippen LogP contribution in [-0.2, 0) is 20.8 Å². The van der Waals surface area contributed by atoms with Crippen molar-refractivity contribution in [3.05, 3.63) is 86.8 Å². The molecule has 3 aromatic rings. The van der Waals surface area contributed by atoms with Crippen LogP contribution in [0.15, 0.2) is 70.2 Å². The smallest absolute Gasteiger partial charge is 0.329 e. The molecule has 0 bridgehead atoms. The number of hydrogen-bond acceptors (Lipinski definition) is 5. The molecule has 10 heteroatoms. The summed E-state index contributed by atoms with van der Waals surface area (Å²) in [5.41, 5.74) is 5.63. The number of halogens is 2. The van der Waals surface area contributed by atoms with Crippen LogP contribution in [0.4, 0.5) is 11.4 Å². The van der Waals surface area contributed by atoms with E-state index in [0.717, 1.165) is 15.6 Å². The van der Waals surface area contributed by atoms with E-state index in [-0.39, 0.29) is 12.5 Å². The van der Waals surface area contributed by atoms with Crippen molar-refractivity contribution in [3.8, 4) is 5.75 Å². The lowest BCUT2D eigenvalue weighted by molar-refractivity contribution is -0.136. The predicted octanol–water partition coefficient (Wildman–Crippen LogP) is 5.08. The van der Waals surface area contributed by atoms with Crippen LogP contribution in [0.3, 0.4) is 0 Å². The third-order valence-electron chi connectivity index (χ3n) is 5.02. The van der Waals surface area contributed by atoms with E-state index in [2.05, 4.69) is 37.1 Å². The first kappa shape index (κ1) is 26.9. The van der Waals surface area contributed by atoms with Gasteiger partial charge in [0.05, 0.1) is 6.21 Å². The van der Waals surface area contributed by atoms with Crippen molar-refractivity contribution in [1.82, 2.24) is 5.43 Å². The standard InChI is InChI=1S/C26H24BrClN4O4/c1-3-17-6-4-5-7-22(17)31-25(34)26(35)32-29-14-18-13-20(28)9-11-23(18)36-15-24(33)30-21-10-8-19(27)12-16(21)2/h4-14H,3,15H2,1-2H3,(H,30,33)(H,31,34)(H,32,35)/b29-14-. The zero-order valence-corrected chi connectivity index (χ0v) is 21.9. The van der Waals surface area contributed by atoms with Crippen LogP contribution in [0, 0.1) is 6.92 Å². The third-order valence-corrected chi connectivity index (χ3v) is 5.74. The first-order valence-electron chi connectivity index (χ1n) is 11.0. The minimum atomic E-state index is -0.939. The molecule has 3 aromatic carbocycles. The van der Waals surface area contributed by atoms with E-state index >= 15 is 0 Å². The van der Waals surface area contributed by atoms with Crippen LogP contribution in [0.2, 0.25) is 5.02 Å². The fraction of sp³-hybridized carbons (Fsp3) is 0.154. The number of nitrogens with zero attached hydrogens (tertiary/aromatic N) is 1. The highest BCUT2D eigenvalue weighted by Crippen LogP contribution is 2.23. The molecule has 0 aliphatic carbocycles. The van der Waals surface area contributed by atoms with Gasteiger partial charge in [-0.2, -0.15) is 5.10 Å². The van der Waals surface area contributed by atoms with Gasteiger partial charge in [0.1, 0.15) is 5.75 Å². The first-order valence-corrected chi connectivity index (χ1v) is 12.1. The summed E-state index contributed by atoms with van der Waals surface area (Å²) in [4.78, 5) is 36.8. The number of amides is 3. The Morgan fingerprint density at radius 1 is 1.00 bits per heavy atom. The first-order chi connectivity index (χ1) is 17.3. The highest BCUT2D eigenvalue weighted by Gasteiger charge is 2.14. The maximum absolute atomic E-state index is 12.4. The number of hydrazone groups is 1. The van der Waals surface area contributed by atoms with E-state index in [1.165, 1.54) is 6.21 Å². The second kappa shape index (κ2) is 12.9. The number of rotatable bonds is 8. The molecular formula is C26H24BrClN4O4. The minimum absolute atomic E-state index is 0.260. The van der Waals surface area contributed by atoms with Crippen molar-refractivity contribution in [2.75, 3.05) is 17.2 Å². The molecule has 8 nitrogen and oxygen atoms in total. The minimum Gasteiger partial charge on any atom is -0.483 e. The second-order valence-corrected chi connectivity index (χ2v) is 8.99. The average molecular weight is 572 g/mol. The van der Waals surface area contributed by atoms with Crippen molar-refractivity contribution in [2.45, 2.75) is 20.3 Å². The molecule has 0 aliphatic rings. The Labute approximate surface area is 222 Å². The zero-order chi connectivity index (χ0) is 26.1. The summed E-state index contributed by atoms with van der Waals surface area (Å²) in [7, 11) is 0. The molecule has 3 amide bonds. The molecule has 3 N–H and O–H groups in total. The average Bonchev–Trinajstić information content (AvgIpc) is 2.85. The Morgan fingerprint density at radius 3 is 2.53 bits per heavy atom. The van der Waals surface area contributed by atoms with E-state index in [1.807, 2.05) is 38.1 Å². The maximum atomic E-state index is 12.4. The van der Waals surface area contributed by atoms with Crippen LogP contribution in [0.5, 0.6) is 5.75 Å². The molecule has 0 fully saturated rings. The number of carbonyl (C=O) groups excluding carboxylic acids is 3. The van der Waals surface area contributed by atoms with Crippen LogP contribution in [0.25, 0.3) is 0 Å². The topological polar surface area (TPSA) is 109 Å². The molecule has 0 spiro atoms. The Hall–Kier alpha value is -3.69. The van der Waals surface area contributed by atoms with E-state index < -0.39 is 11.8 Å². The maximum Gasteiger partial charge on any atom is 0.329 e. The summed E-state index contributed by atoms with van der Waals surface area (Å²) in [6, 6.07) is 17.5. The predicted molar refractivity (Wildman–Crippen MR) is 145 cm³/mol. The molecule has 0 radical (unpaired) electrons. The fourth-order valence-corrected chi connectivity index (χ4v) is 3.85. The summed E-state index contributed by atoms with van der Waals surface area (Å²) in [5.74, 6) is -1.82. The lowest BCUT2D eigenvalue weighted by Gasteiger charge is -2.11. The van der Waals surface area contributed by atoms with E-state index in [1.54, 1.807) is 36.4 Å². The zero-order valence-electron chi connectivity index (χ0n) is 19.6. The highest BCUT2D eigenvalue weighted by molar-refractivity contribution is 9.10. The van der Waals surface area contributed by atoms with Gasteiger partial charge in [0.15, 0.2) is 6.61 Å². The van der Waals surface area contributed by atoms with Gasteiger partial charge >= 0.3 is 11.8 Å². The van der Waals surface area contributed by atoms with E-state index in [0.29, 0.717) is 34.1 Å². The third kappa shape index (κ3) is 7.66. The summed E-state index contributed by atoms with van der Waals surface area (Å²) in [5, 5.41) is 9.60. The molecule has 36 heavy (non-hydrogen) atoms. The number of para-hydroxylation sites is 1. The van der Waals surface area contributed by atoms with Gasteiger partial charge in [0.25, 0.3) is 5.91 Å². The summed E-state index contributed by atoms with van der Waals surface area (Å²) >= 11 is 9.46. The lowest BCUT2D eigenvalue weighted by atomic mass is 10.1. The van der Waals surface area contributed by atoms with Crippen LogP contribution < -0.4 is 20.8 Å². The summed E-state index contributed by atoms with van der Waals surface area (Å²) < 4.78 is 6.55. The molecule has 0 heterocycles. The van der Waals surface area contributed by atoms with E-state index in [4.69, 9.17) is 16.3 Å². The van der Waals surface area contributed by atoms with Gasteiger partial charge in [-0.1, -0.05) is 52.7 Å². The SMILES string of the molecule is CCc1ccccc1NC(=O)C(=O)N/N=C\c1cc(Cl)ccc1OCC(=O)Nc1ccc(Br)cc1C. The number of aryl methyl sites for hydroxylation is 2. The number of benzene rings is 3. The Kier molecular flexibility index (Phi) is 9.61. The largest absolute Gasteiger partial charge is 0.483 e. The van der Waals surface area contributed by atoms with Crippen molar-refractivity contribution < 1.29 is 19.1 Å². The number of carbonyl (C=O) groups is 3. The molecule has 186 valence electrons. The van der Waals surface area contributed by atoms with Gasteiger partial charge in [0.2, 0.25) is 0 Å². The second-order valence-electron chi connectivity index (χ2n) is 7.64. The molecule has 0 saturated heterocycles. The molecule has 0 saturated carbocycles. The van der Waals surface area contributed by atoms with Crippen LogP contribution in [0.1, 0.15) is 23.6 Å². The van der Waals surface area contributed by atoms with Crippen molar-refractivity contribution >= 4 is 62.8 Å². The number of ether oxygens (including phenoxy) is 1. The molecule has 0 aliphatic heterocycles. The molecule has 0 aromatic heterocycles. The Morgan fingerprint density at radius 2 is 1.78 bits per heavy atom. The van der Waals surface area contributed by atoms with Crippen molar-refractivity contribution in [2.24, 2.45) is 5.10 Å². The van der Waals surface area contributed by atoms with Gasteiger partial charge in [-0.25, -0.2) is 5.43 Å². The monoisotopic (exact) mass is 570 g/mol. The molecule has 3 rings (SSSR count). The Bertz CT molecular complexity index is 1310. The number of nitrogens with one attached hydrogen (secondary N) is 3. The number of hydrogen-bond donors (Lipinski definition) is 3. The number of anilines is 2. The van der Waals surface area contributed by atoms with Crippen LogP contribution in [-0.4, -0.2) is 30.5 Å². The van der Waals surface area contributed by atoms with Crippen LogP contribution >= 0.6 is 27.5 Å². The highest BCUT2D eigenvalue weighted by atomic mass is 79.9. The van der Waals surface area contributed by atoms with Gasteiger partial charge in [-0.15, -0.1) is 0 Å². The fourth-order valence-electron chi connectivity index (χ4n) is 3.19. The molecule has 0 unspecified atom stereocenters. The van der Waals surface area contributed by atoms with Crippen molar-refractivity contribution in [1.29, 1.82) is 0 Å². The van der Waals surface area contributed by atoms with Gasteiger partial charge in [-0.3, -0.25) is 14.4 Å². The quantitative estimate of drug-likeness (QED) is 0.199. The van der Waals surface area contributed by atoms with Gasteiger partial charge in [-0.05, 0) is 66.9 Å². The lowest BCUT2D eigenvalue weighted by Crippen LogP contribution is -2.32. The normalized spacial score (nSPS) is 10.7. The molecular weight excluding hydrogens is 548 g/mol. The van der Waals surface area contributed by atoms with Gasteiger partial charge in [0, 0.05) is 26.4 Å².